The molecule has 0 radical (unpaired) electrons. The lowest BCUT2D eigenvalue weighted by molar-refractivity contribution is -0.182. The highest BCUT2D eigenvalue weighted by atomic mass is 19.1. The Bertz CT molecular complexity index is 1220. The fraction of sp³-hybridized carbons (Fsp3) is 0.500. The largest absolute Gasteiger partial charge is 0.489 e. The normalized spacial score (nSPS) is 27.3. The van der Waals surface area contributed by atoms with Crippen molar-refractivity contribution in [3.63, 3.8) is 0 Å². The first kappa shape index (κ1) is 28.7. The number of carbonyl (C=O) groups excluding carboxylic acids is 3. The first-order valence-electron chi connectivity index (χ1n) is 13.3. The number of carbonyl (C=O) groups is 3. The number of nitrogens with one attached hydrogen (secondary N) is 1. The molecule has 1 aromatic rings. The number of nitrogens with zero attached hydrogens (tertiary/aromatic N) is 2. The molecule has 1 atom stereocenters. The smallest absolute Gasteiger partial charge is 0.250 e. The van der Waals surface area contributed by atoms with Crippen molar-refractivity contribution in [1.82, 2.24) is 15.1 Å². The molecule has 3 aliphatic heterocycles. The topological polar surface area (TPSA) is 88.2 Å². The molecule has 3 aliphatic rings. The van der Waals surface area contributed by atoms with Gasteiger partial charge < -0.3 is 14.4 Å². The summed E-state index contributed by atoms with van der Waals surface area (Å²) in [4.78, 5) is 40.8. The maximum absolute atomic E-state index is 14.8. The van der Waals surface area contributed by atoms with Crippen molar-refractivity contribution < 1.29 is 28.2 Å². The Morgan fingerprint density at radius 1 is 1.13 bits per heavy atom. The first-order valence-corrected chi connectivity index (χ1v) is 13.3. The van der Waals surface area contributed by atoms with E-state index in [-0.39, 0.29) is 54.8 Å². The van der Waals surface area contributed by atoms with E-state index in [1.165, 1.54) is 11.0 Å². The fourth-order valence-corrected chi connectivity index (χ4v) is 5.59. The van der Waals surface area contributed by atoms with Crippen LogP contribution in [0.2, 0.25) is 0 Å². The minimum Gasteiger partial charge on any atom is -0.489 e. The van der Waals surface area contributed by atoms with Gasteiger partial charge in [-0.3, -0.25) is 24.6 Å². The van der Waals surface area contributed by atoms with E-state index in [2.05, 4.69) is 37.9 Å². The molecule has 0 saturated carbocycles. The van der Waals surface area contributed by atoms with Gasteiger partial charge in [0.25, 0.3) is 0 Å². The molecular weight excluding hydrogens is 501 g/mol. The Balaban J connectivity index is 1.47. The Hall–Kier alpha value is -3.30. The zero-order valence-electron chi connectivity index (χ0n) is 23.4. The second kappa shape index (κ2) is 11.4. The number of rotatable bonds is 6. The molecular formula is C30H38FN3O5. The summed E-state index contributed by atoms with van der Waals surface area (Å²) >= 11 is 0. The molecule has 3 heterocycles. The van der Waals surface area contributed by atoms with E-state index in [1.54, 1.807) is 37.3 Å². The molecule has 2 fully saturated rings. The van der Waals surface area contributed by atoms with Gasteiger partial charge in [0.1, 0.15) is 24.2 Å². The van der Waals surface area contributed by atoms with Gasteiger partial charge in [0.2, 0.25) is 17.7 Å². The monoisotopic (exact) mass is 539 g/mol. The zero-order chi connectivity index (χ0) is 28.4. The lowest BCUT2D eigenvalue weighted by Gasteiger charge is -2.47. The Morgan fingerprint density at radius 2 is 1.85 bits per heavy atom. The molecule has 1 unspecified atom stereocenters. The van der Waals surface area contributed by atoms with Gasteiger partial charge in [-0.05, 0) is 70.9 Å². The summed E-state index contributed by atoms with van der Waals surface area (Å²) in [6.07, 6.45) is 7.19. The van der Waals surface area contributed by atoms with Crippen LogP contribution in [0.25, 0.3) is 0 Å². The highest BCUT2D eigenvalue weighted by Crippen LogP contribution is 2.29. The van der Waals surface area contributed by atoms with E-state index in [0.717, 1.165) is 18.7 Å². The molecule has 9 heteroatoms. The number of imide groups is 1. The number of allylic oxidation sites excluding steroid dienone is 3. The van der Waals surface area contributed by atoms with Gasteiger partial charge in [-0.15, -0.1) is 0 Å². The standard InChI is InChI=1S/C30H38FN3O5/c1-20-7-6-8-23(13-14-34(28(20)37)25-11-12-26(35)32-27(25)36)38-17-22-15-21(9-10-24(22)31)16-33-18-29(2,3)39-30(4,5)19-33/h6-10,13,15,25H,11-12,14,16-19H2,1-5H3,(H,32,35,36)/b8-6-,20-7+,23-13-. The van der Waals surface area contributed by atoms with Crippen LogP contribution in [0, 0.1) is 5.82 Å². The summed E-state index contributed by atoms with van der Waals surface area (Å²) < 4.78 is 26.9. The van der Waals surface area contributed by atoms with E-state index < -0.39 is 11.9 Å². The summed E-state index contributed by atoms with van der Waals surface area (Å²) in [7, 11) is 0. The van der Waals surface area contributed by atoms with Crippen LogP contribution in [-0.2, 0) is 37.0 Å². The molecule has 0 spiro atoms. The van der Waals surface area contributed by atoms with E-state index in [0.29, 0.717) is 23.4 Å². The average Bonchev–Trinajstić information content (AvgIpc) is 2.88. The molecule has 1 aromatic carbocycles. The number of hydrogen-bond donors (Lipinski definition) is 1. The molecule has 8 nitrogen and oxygen atoms in total. The number of ether oxygens (including phenoxy) is 2. The molecule has 0 bridgehead atoms. The average molecular weight is 540 g/mol. The summed E-state index contributed by atoms with van der Waals surface area (Å²) in [6, 6.07) is 4.34. The summed E-state index contributed by atoms with van der Waals surface area (Å²) in [5.74, 6) is -1.02. The molecule has 4 rings (SSSR count). The van der Waals surface area contributed by atoms with Crippen LogP contribution in [0.1, 0.15) is 58.6 Å². The summed E-state index contributed by atoms with van der Waals surface area (Å²) in [6.45, 7) is 12.3. The van der Waals surface area contributed by atoms with Crippen LogP contribution in [0.3, 0.4) is 0 Å². The molecule has 1 N–H and O–H groups in total. The number of benzene rings is 1. The van der Waals surface area contributed by atoms with E-state index >= 15 is 0 Å². The Morgan fingerprint density at radius 3 is 2.54 bits per heavy atom. The quantitative estimate of drug-likeness (QED) is 0.554. The van der Waals surface area contributed by atoms with Gasteiger partial charge in [-0.25, -0.2) is 4.39 Å². The van der Waals surface area contributed by atoms with Crippen LogP contribution in [0.5, 0.6) is 0 Å². The molecule has 3 amide bonds. The van der Waals surface area contributed by atoms with Gasteiger partial charge in [0, 0.05) is 43.7 Å². The van der Waals surface area contributed by atoms with Crippen LogP contribution in [-0.4, -0.2) is 64.4 Å². The van der Waals surface area contributed by atoms with Gasteiger partial charge >= 0.3 is 0 Å². The Kier molecular flexibility index (Phi) is 8.42. The van der Waals surface area contributed by atoms with Gasteiger partial charge in [-0.1, -0.05) is 18.2 Å². The number of morpholine rings is 1. The third-order valence-electron chi connectivity index (χ3n) is 6.95. The predicted octanol–water partition coefficient (Wildman–Crippen LogP) is 3.77. The molecule has 0 aliphatic carbocycles. The minimum atomic E-state index is -0.751. The van der Waals surface area contributed by atoms with Crippen LogP contribution in [0.15, 0.2) is 53.8 Å². The van der Waals surface area contributed by atoms with Gasteiger partial charge in [0.15, 0.2) is 0 Å². The van der Waals surface area contributed by atoms with Gasteiger partial charge in [-0.2, -0.15) is 0 Å². The van der Waals surface area contributed by atoms with E-state index in [1.807, 2.05) is 6.07 Å². The lowest BCUT2D eigenvalue weighted by Crippen LogP contribution is -2.56. The summed E-state index contributed by atoms with van der Waals surface area (Å²) in [5, 5.41) is 2.31. The zero-order valence-corrected chi connectivity index (χ0v) is 23.4. The van der Waals surface area contributed by atoms with Crippen molar-refractivity contribution in [1.29, 1.82) is 0 Å². The van der Waals surface area contributed by atoms with E-state index in [4.69, 9.17) is 9.47 Å². The second-order valence-corrected chi connectivity index (χ2v) is 11.7. The number of hydrogen-bond acceptors (Lipinski definition) is 6. The summed E-state index contributed by atoms with van der Waals surface area (Å²) in [5.41, 5.74) is 1.31. The third kappa shape index (κ3) is 7.42. The highest BCUT2D eigenvalue weighted by Gasteiger charge is 2.38. The highest BCUT2D eigenvalue weighted by molar-refractivity contribution is 6.03. The van der Waals surface area contributed by atoms with Crippen molar-refractivity contribution in [2.24, 2.45) is 0 Å². The Labute approximate surface area is 229 Å². The molecule has 39 heavy (non-hydrogen) atoms. The van der Waals surface area contributed by atoms with Crippen molar-refractivity contribution in [2.75, 3.05) is 19.6 Å². The number of piperidine rings is 1. The van der Waals surface area contributed by atoms with Gasteiger partial charge in [0.05, 0.1) is 11.2 Å². The van der Waals surface area contributed by atoms with Crippen LogP contribution < -0.4 is 5.32 Å². The second-order valence-electron chi connectivity index (χ2n) is 11.7. The first-order chi connectivity index (χ1) is 18.3. The predicted molar refractivity (Wildman–Crippen MR) is 145 cm³/mol. The molecule has 2 saturated heterocycles. The van der Waals surface area contributed by atoms with E-state index in [9.17, 15) is 18.8 Å². The maximum atomic E-state index is 14.8. The SMILES string of the molecule is C\C1=C/C=C\C(OCc2cc(CN3CC(C)(C)OC(C)(C)C3)ccc2F)=C\CN(C2CCC(=O)NC2=O)C1=O. The number of halogens is 1. The third-order valence-corrected chi connectivity index (χ3v) is 6.95. The lowest BCUT2D eigenvalue weighted by atomic mass is 9.98. The van der Waals surface area contributed by atoms with Crippen LogP contribution >= 0.6 is 0 Å². The van der Waals surface area contributed by atoms with Crippen molar-refractivity contribution >= 4 is 17.7 Å². The van der Waals surface area contributed by atoms with Crippen molar-refractivity contribution in [2.45, 2.75) is 77.9 Å². The maximum Gasteiger partial charge on any atom is 0.250 e. The van der Waals surface area contributed by atoms with Crippen molar-refractivity contribution in [3.8, 4) is 0 Å². The fourth-order valence-electron chi connectivity index (χ4n) is 5.59. The van der Waals surface area contributed by atoms with Crippen LogP contribution in [0.4, 0.5) is 4.39 Å². The van der Waals surface area contributed by atoms with Crippen molar-refractivity contribution in [3.05, 3.63) is 70.8 Å². The number of amides is 3. The minimum absolute atomic E-state index is 0.00496. The molecule has 0 aromatic heterocycles. The molecule has 210 valence electrons.